The Kier molecular flexibility index (Phi) is 5.52. The van der Waals surface area contributed by atoms with Gasteiger partial charge in [-0.3, -0.25) is 9.59 Å². The molecule has 0 radical (unpaired) electrons. The molecule has 0 bridgehead atoms. The van der Waals surface area contributed by atoms with E-state index < -0.39 is 0 Å². The SMILES string of the molecule is CC(=O)Nc1nc(C(=O)NCC2(N(C)C)CCCCC2)cs1. The van der Waals surface area contributed by atoms with E-state index in [9.17, 15) is 9.59 Å². The van der Waals surface area contributed by atoms with Gasteiger partial charge in [-0.1, -0.05) is 19.3 Å². The van der Waals surface area contributed by atoms with Crippen molar-refractivity contribution in [2.75, 3.05) is 26.0 Å². The summed E-state index contributed by atoms with van der Waals surface area (Å²) in [6, 6.07) is 0. The smallest absolute Gasteiger partial charge is 0.270 e. The van der Waals surface area contributed by atoms with Gasteiger partial charge in [0.2, 0.25) is 5.91 Å². The Hall–Kier alpha value is -1.47. The van der Waals surface area contributed by atoms with Crippen LogP contribution in [0.25, 0.3) is 0 Å². The van der Waals surface area contributed by atoms with Crippen LogP contribution in [0.3, 0.4) is 0 Å². The number of anilines is 1. The minimum absolute atomic E-state index is 0.0460. The van der Waals surface area contributed by atoms with Crippen molar-refractivity contribution >= 4 is 28.3 Å². The maximum Gasteiger partial charge on any atom is 0.270 e. The van der Waals surface area contributed by atoms with Crippen molar-refractivity contribution in [3.05, 3.63) is 11.1 Å². The van der Waals surface area contributed by atoms with E-state index in [1.807, 2.05) is 0 Å². The molecule has 22 heavy (non-hydrogen) atoms. The zero-order valence-corrected chi connectivity index (χ0v) is 14.3. The summed E-state index contributed by atoms with van der Waals surface area (Å²) in [6.07, 6.45) is 5.90. The molecule has 0 aromatic carbocycles. The predicted octanol–water partition coefficient (Wildman–Crippen LogP) is 2.10. The zero-order chi connectivity index (χ0) is 16.2. The van der Waals surface area contributed by atoms with Crippen LogP contribution in [-0.4, -0.2) is 47.9 Å². The average Bonchev–Trinajstić information content (AvgIpc) is 2.93. The highest BCUT2D eigenvalue weighted by Crippen LogP contribution is 2.31. The quantitative estimate of drug-likeness (QED) is 0.870. The molecule has 1 aliphatic rings. The minimum Gasteiger partial charge on any atom is -0.349 e. The van der Waals surface area contributed by atoms with E-state index in [0.717, 1.165) is 12.8 Å². The molecule has 1 heterocycles. The molecular formula is C15H24N4O2S. The van der Waals surface area contributed by atoms with Crippen LogP contribution < -0.4 is 10.6 Å². The van der Waals surface area contributed by atoms with Crippen molar-refractivity contribution in [2.45, 2.75) is 44.6 Å². The molecule has 122 valence electrons. The number of rotatable bonds is 5. The summed E-state index contributed by atoms with van der Waals surface area (Å²) in [4.78, 5) is 29.6. The molecule has 7 heteroatoms. The highest BCUT2D eigenvalue weighted by molar-refractivity contribution is 7.14. The fourth-order valence-corrected chi connectivity index (χ4v) is 3.65. The third-order valence-electron chi connectivity index (χ3n) is 4.33. The van der Waals surface area contributed by atoms with Gasteiger partial charge in [0.05, 0.1) is 0 Å². The van der Waals surface area contributed by atoms with E-state index in [-0.39, 0.29) is 17.4 Å². The molecule has 0 unspecified atom stereocenters. The third kappa shape index (κ3) is 4.04. The lowest BCUT2D eigenvalue weighted by atomic mass is 9.80. The maximum atomic E-state index is 12.3. The van der Waals surface area contributed by atoms with E-state index in [1.165, 1.54) is 37.5 Å². The second-order valence-electron chi connectivity index (χ2n) is 6.08. The van der Waals surface area contributed by atoms with Gasteiger partial charge in [0, 0.05) is 24.4 Å². The van der Waals surface area contributed by atoms with Crippen LogP contribution in [0.1, 0.15) is 49.5 Å². The van der Waals surface area contributed by atoms with Crippen LogP contribution in [0.15, 0.2) is 5.38 Å². The Balaban J connectivity index is 1.96. The van der Waals surface area contributed by atoms with E-state index in [4.69, 9.17) is 0 Å². The van der Waals surface area contributed by atoms with Gasteiger partial charge < -0.3 is 15.5 Å². The minimum atomic E-state index is -0.185. The molecule has 1 aromatic rings. The largest absolute Gasteiger partial charge is 0.349 e. The summed E-state index contributed by atoms with van der Waals surface area (Å²) in [5, 5.41) is 7.73. The molecule has 2 amide bonds. The summed E-state index contributed by atoms with van der Waals surface area (Å²) in [5.74, 6) is -0.366. The van der Waals surface area contributed by atoms with Crippen molar-refractivity contribution in [3.8, 4) is 0 Å². The van der Waals surface area contributed by atoms with E-state index >= 15 is 0 Å². The van der Waals surface area contributed by atoms with Crippen LogP contribution in [0.2, 0.25) is 0 Å². The monoisotopic (exact) mass is 324 g/mol. The number of hydrogen-bond acceptors (Lipinski definition) is 5. The van der Waals surface area contributed by atoms with Crippen LogP contribution in [-0.2, 0) is 4.79 Å². The highest BCUT2D eigenvalue weighted by Gasteiger charge is 2.34. The molecule has 6 nitrogen and oxygen atoms in total. The molecule has 1 fully saturated rings. The first kappa shape index (κ1) is 16.9. The first-order chi connectivity index (χ1) is 10.4. The molecule has 0 saturated heterocycles. The molecule has 1 aromatic heterocycles. The Morgan fingerprint density at radius 3 is 2.59 bits per heavy atom. The van der Waals surface area contributed by atoms with Crippen molar-refractivity contribution in [3.63, 3.8) is 0 Å². The lowest BCUT2D eigenvalue weighted by Gasteiger charge is -2.43. The van der Waals surface area contributed by atoms with Crippen molar-refractivity contribution in [1.82, 2.24) is 15.2 Å². The third-order valence-corrected chi connectivity index (χ3v) is 5.09. The van der Waals surface area contributed by atoms with Gasteiger partial charge in [-0.2, -0.15) is 0 Å². The first-order valence-corrected chi connectivity index (χ1v) is 8.50. The van der Waals surface area contributed by atoms with E-state index in [0.29, 0.717) is 17.4 Å². The van der Waals surface area contributed by atoms with Crippen LogP contribution in [0, 0.1) is 0 Å². The molecule has 2 rings (SSSR count). The standard InChI is InChI=1S/C15H24N4O2S/c1-11(20)17-14-18-12(9-22-14)13(21)16-10-15(19(2)3)7-5-4-6-8-15/h9H,4-8,10H2,1-3H3,(H,16,21)(H,17,18,20). The number of hydrogen-bond donors (Lipinski definition) is 2. The summed E-state index contributed by atoms with van der Waals surface area (Å²) in [7, 11) is 4.16. The topological polar surface area (TPSA) is 74.3 Å². The maximum absolute atomic E-state index is 12.3. The fourth-order valence-electron chi connectivity index (χ4n) is 2.91. The summed E-state index contributed by atoms with van der Waals surface area (Å²) in [6.45, 7) is 2.05. The van der Waals surface area contributed by atoms with Gasteiger partial charge >= 0.3 is 0 Å². The Morgan fingerprint density at radius 2 is 2.00 bits per heavy atom. The fraction of sp³-hybridized carbons (Fsp3) is 0.667. The second-order valence-corrected chi connectivity index (χ2v) is 6.94. The predicted molar refractivity (Wildman–Crippen MR) is 88.3 cm³/mol. The number of aromatic nitrogens is 1. The summed E-state index contributed by atoms with van der Waals surface area (Å²) < 4.78 is 0. The number of carbonyl (C=O) groups excluding carboxylic acids is 2. The van der Waals surface area contributed by atoms with E-state index in [2.05, 4.69) is 34.6 Å². The van der Waals surface area contributed by atoms with Crippen molar-refractivity contribution in [2.24, 2.45) is 0 Å². The first-order valence-electron chi connectivity index (χ1n) is 7.62. The number of nitrogens with one attached hydrogen (secondary N) is 2. The lowest BCUT2D eigenvalue weighted by Crippen LogP contribution is -2.53. The van der Waals surface area contributed by atoms with Gasteiger partial charge in [-0.15, -0.1) is 11.3 Å². The zero-order valence-electron chi connectivity index (χ0n) is 13.4. The normalized spacial score (nSPS) is 17.3. The molecule has 0 atom stereocenters. The molecule has 1 aliphatic carbocycles. The molecular weight excluding hydrogens is 300 g/mol. The Bertz CT molecular complexity index is 535. The lowest BCUT2D eigenvalue weighted by molar-refractivity contribution is -0.114. The van der Waals surface area contributed by atoms with Crippen molar-refractivity contribution < 1.29 is 9.59 Å². The van der Waals surface area contributed by atoms with Gasteiger partial charge in [-0.05, 0) is 26.9 Å². The molecule has 0 aliphatic heterocycles. The number of thiazole rings is 1. The van der Waals surface area contributed by atoms with Gasteiger partial charge in [0.1, 0.15) is 5.69 Å². The molecule has 1 saturated carbocycles. The number of nitrogens with zero attached hydrogens (tertiary/aromatic N) is 2. The van der Waals surface area contributed by atoms with Gasteiger partial charge in [-0.25, -0.2) is 4.98 Å². The number of carbonyl (C=O) groups is 2. The molecule has 2 N–H and O–H groups in total. The second kappa shape index (κ2) is 7.19. The van der Waals surface area contributed by atoms with E-state index in [1.54, 1.807) is 5.38 Å². The highest BCUT2D eigenvalue weighted by atomic mass is 32.1. The number of likely N-dealkylation sites (N-methyl/N-ethyl adjacent to an activating group) is 1. The van der Waals surface area contributed by atoms with Crippen LogP contribution in [0.5, 0.6) is 0 Å². The van der Waals surface area contributed by atoms with Gasteiger partial charge in [0.25, 0.3) is 5.91 Å². The summed E-state index contributed by atoms with van der Waals surface area (Å²) in [5.41, 5.74) is 0.406. The number of amides is 2. The Morgan fingerprint density at radius 1 is 1.32 bits per heavy atom. The molecule has 0 spiro atoms. The van der Waals surface area contributed by atoms with Gasteiger partial charge in [0.15, 0.2) is 5.13 Å². The average molecular weight is 324 g/mol. The van der Waals surface area contributed by atoms with Crippen LogP contribution in [0.4, 0.5) is 5.13 Å². The van der Waals surface area contributed by atoms with Crippen molar-refractivity contribution in [1.29, 1.82) is 0 Å². The summed E-state index contributed by atoms with van der Waals surface area (Å²) >= 11 is 1.26. The Labute approximate surface area is 135 Å². The van der Waals surface area contributed by atoms with Crippen LogP contribution >= 0.6 is 11.3 Å².